The van der Waals surface area contributed by atoms with Gasteiger partial charge in [-0.1, -0.05) is 18.2 Å². The molecule has 1 unspecified atom stereocenters. The zero-order chi connectivity index (χ0) is 14.8. The second-order valence-corrected chi connectivity index (χ2v) is 5.01. The lowest BCUT2D eigenvalue weighted by atomic mass is 10.0. The fraction of sp³-hybridized carbons (Fsp3) is 0.571. The van der Waals surface area contributed by atoms with Crippen LogP contribution in [0.25, 0.3) is 0 Å². The Morgan fingerprint density at radius 2 is 2.00 bits per heavy atom. The molecule has 0 aliphatic heterocycles. The molecule has 1 aliphatic carbocycles. The predicted octanol–water partition coefficient (Wildman–Crippen LogP) is 2.72. The number of nitrogens with zero attached hydrogens (tertiary/aromatic N) is 1. The maximum Gasteiger partial charge on any atom is 0.401 e. The number of nitrogens with two attached hydrogens (primary N) is 1. The van der Waals surface area contributed by atoms with Crippen molar-refractivity contribution in [1.29, 1.82) is 0 Å². The van der Waals surface area contributed by atoms with Crippen LogP contribution in [0, 0.1) is 0 Å². The van der Waals surface area contributed by atoms with Crippen LogP contribution in [0.1, 0.15) is 24.4 Å². The van der Waals surface area contributed by atoms with Gasteiger partial charge in [-0.05, 0) is 18.9 Å². The normalized spacial score (nSPS) is 17.3. The highest BCUT2D eigenvalue weighted by atomic mass is 19.4. The largest absolute Gasteiger partial charge is 0.496 e. The number of methoxy groups -OCH3 is 1. The molecule has 20 heavy (non-hydrogen) atoms. The molecule has 2 N–H and O–H groups in total. The Labute approximate surface area is 116 Å². The highest BCUT2D eigenvalue weighted by Gasteiger charge is 2.41. The molecule has 1 aromatic rings. The van der Waals surface area contributed by atoms with E-state index in [2.05, 4.69) is 0 Å². The number of benzene rings is 1. The predicted molar refractivity (Wildman–Crippen MR) is 70.6 cm³/mol. The molecule has 1 fully saturated rings. The summed E-state index contributed by atoms with van der Waals surface area (Å²) in [5, 5.41) is 0. The summed E-state index contributed by atoms with van der Waals surface area (Å²) in [6.07, 6.45) is -2.64. The number of halogens is 3. The first kappa shape index (κ1) is 15.1. The second-order valence-electron chi connectivity index (χ2n) is 5.01. The van der Waals surface area contributed by atoms with E-state index in [9.17, 15) is 13.2 Å². The van der Waals surface area contributed by atoms with Crippen molar-refractivity contribution < 1.29 is 17.9 Å². The van der Waals surface area contributed by atoms with Gasteiger partial charge in [-0.25, -0.2) is 0 Å². The van der Waals surface area contributed by atoms with E-state index in [1.165, 1.54) is 12.0 Å². The lowest BCUT2D eigenvalue weighted by Gasteiger charge is -2.32. The number of hydrogen-bond acceptors (Lipinski definition) is 3. The molecule has 0 heterocycles. The Morgan fingerprint density at radius 3 is 2.50 bits per heavy atom. The van der Waals surface area contributed by atoms with Gasteiger partial charge in [0.1, 0.15) is 5.75 Å². The Balaban J connectivity index is 2.28. The molecule has 0 saturated heterocycles. The molecule has 0 bridgehead atoms. The van der Waals surface area contributed by atoms with Gasteiger partial charge in [0.15, 0.2) is 0 Å². The van der Waals surface area contributed by atoms with Gasteiger partial charge in [0.2, 0.25) is 0 Å². The van der Waals surface area contributed by atoms with Gasteiger partial charge in [-0.3, -0.25) is 4.90 Å². The van der Waals surface area contributed by atoms with Crippen molar-refractivity contribution in [2.75, 3.05) is 20.2 Å². The van der Waals surface area contributed by atoms with E-state index in [4.69, 9.17) is 10.5 Å². The zero-order valence-corrected chi connectivity index (χ0v) is 11.4. The number of para-hydroxylation sites is 1. The average Bonchev–Trinajstić information content (AvgIpc) is 3.22. The van der Waals surface area contributed by atoms with Gasteiger partial charge in [0.25, 0.3) is 0 Å². The van der Waals surface area contributed by atoms with E-state index in [1.807, 2.05) is 0 Å². The molecule has 0 amide bonds. The lowest BCUT2D eigenvalue weighted by molar-refractivity contribution is -0.152. The molecule has 2 rings (SSSR count). The Bertz CT molecular complexity index is 446. The molecular weight excluding hydrogens is 269 g/mol. The second kappa shape index (κ2) is 6.01. The van der Waals surface area contributed by atoms with Crippen molar-refractivity contribution in [3.05, 3.63) is 29.8 Å². The van der Waals surface area contributed by atoms with E-state index in [-0.39, 0.29) is 12.6 Å². The van der Waals surface area contributed by atoms with E-state index in [1.54, 1.807) is 24.3 Å². The van der Waals surface area contributed by atoms with Gasteiger partial charge >= 0.3 is 6.18 Å². The standard InChI is InChI=1S/C14H19F3N2O/c1-20-13-5-3-2-4-11(13)12(8-18)19(10-6-7-10)9-14(15,16)17/h2-5,10,12H,6-9,18H2,1H3. The van der Waals surface area contributed by atoms with Crippen LogP contribution in [0.4, 0.5) is 13.2 Å². The minimum absolute atomic E-state index is 0.0323. The van der Waals surface area contributed by atoms with Crippen molar-refractivity contribution in [2.45, 2.75) is 31.1 Å². The fourth-order valence-corrected chi connectivity index (χ4v) is 2.49. The third-order valence-electron chi connectivity index (χ3n) is 3.50. The lowest BCUT2D eigenvalue weighted by Crippen LogP contribution is -2.41. The molecule has 1 aliphatic rings. The SMILES string of the molecule is COc1ccccc1C(CN)N(CC(F)(F)F)C1CC1. The maximum atomic E-state index is 12.8. The van der Waals surface area contributed by atoms with E-state index < -0.39 is 18.8 Å². The van der Waals surface area contributed by atoms with Gasteiger partial charge in [0, 0.05) is 18.2 Å². The summed E-state index contributed by atoms with van der Waals surface area (Å²) in [6.45, 7) is -0.801. The molecule has 6 heteroatoms. The first-order valence-corrected chi connectivity index (χ1v) is 6.61. The molecule has 112 valence electrons. The number of rotatable bonds is 6. The zero-order valence-electron chi connectivity index (χ0n) is 11.4. The fourth-order valence-electron chi connectivity index (χ4n) is 2.49. The van der Waals surface area contributed by atoms with Gasteiger partial charge in [-0.15, -0.1) is 0 Å². The van der Waals surface area contributed by atoms with Crippen LogP contribution >= 0.6 is 0 Å². The van der Waals surface area contributed by atoms with Crippen molar-refractivity contribution in [3.8, 4) is 5.75 Å². The highest BCUT2D eigenvalue weighted by molar-refractivity contribution is 5.36. The van der Waals surface area contributed by atoms with Crippen LogP contribution in [0.2, 0.25) is 0 Å². The van der Waals surface area contributed by atoms with Crippen molar-refractivity contribution >= 4 is 0 Å². The van der Waals surface area contributed by atoms with Crippen LogP contribution in [0.5, 0.6) is 5.75 Å². The molecule has 0 spiro atoms. The minimum atomic E-state index is -4.22. The summed E-state index contributed by atoms with van der Waals surface area (Å²) in [7, 11) is 1.51. The number of alkyl halides is 3. The Morgan fingerprint density at radius 1 is 1.35 bits per heavy atom. The summed E-state index contributed by atoms with van der Waals surface area (Å²) < 4.78 is 43.6. The summed E-state index contributed by atoms with van der Waals surface area (Å²) in [4.78, 5) is 1.46. The minimum Gasteiger partial charge on any atom is -0.496 e. The average molecular weight is 288 g/mol. The van der Waals surface area contributed by atoms with E-state index in [0.29, 0.717) is 11.3 Å². The summed E-state index contributed by atoms with van der Waals surface area (Å²) in [5.41, 5.74) is 6.47. The van der Waals surface area contributed by atoms with Crippen LogP contribution in [0.15, 0.2) is 24.3 Å². The van der Waals surface area contributed by atoms with Crippen LogP contribution < -0.4 is 10.5 Å². The molecular formula is C14H19F3N2O. The van der Waals surface area contributed by atoms with Crippen LogP contribution in [0.3, 0.4) is 0 Å². The van der Waals surface area contributed by atoms with Gasteiger partial charge in [-0.2, -0.15) is 13.2 Å². The first-order valence-electron chi connectivity index (χ1n) is 6.61. The van der Waals surface area contributed by atoms with Gasteiger partial charge < -0.3 is 10.5 Å². The molecule has 1 saturated carbocycles. The monoisotopic (exact) mass is 288 g/mol. The Kier molecular flexibility index (Phi) is 4.55. The van der Waals surface area contributed by atoms with Crippen molar-refractivity contribution in [1.82, 2.24) is 4.90 Å². The van der Waals surface area contributed by atoms with E-state index >= 15 is 0 Å². The van der Waals surface area contributed by atoms with E-state index in [0.717, 1.165) is 12.8 Å². The molecule has 3 nitrogen and oxygen atoms in total. The number of hydrogen-bond donors (Lipinski definition) is 1. The van der Waals surface area contributed by atoms with Crippen molar-refractivity contribution in [3.63, 3.8) is 0 Å². The molecule has 0 radical (unpaired) electrons. The highest BCUT2D eigenvalue weighted by Crippen LogP contribution is 2.38. The third-order valence-corrected chi connectivity index (χ3v) is 3.50. The summed E-state index contributed by atoms with van der Waals surface area (Å²) >= 11 is 0. The van der Waals surface area contributed by atoms with Crippen molar-refractivity contribution in [2.24, 2.45) is 5.73 Å². The Hall–Kier alpha value is -1.27. The summed E-state index contributed by atoms with van der Waals surface area (Å²) in [5.74, 6) is 0.579. The smallest absolute Gasteiger partial charge is 0.401 e. The molecule has 1 atom stereocenters. The maximum absolute atomic E-state index is 12.8. The third kappa shape index (κ3) is 3.64. The summed E-state index contributed by atoms with van der Waals surface area (Å²) in [6, 6.07) is 6.61. The van der Waals surface area contributed by atoms with Crippen LogP contribution in [-0.2, 0) is 0 Å². The quantitative estimate of drug-likeness (QED) is 0.874. The van der Waals surface area contributed by atoms with Gasteiger partial charge in [0.05, 0.1) is 19.7 Å². The molecule has 0 aromatic heterocycles. The molecule has 1 aromatic carbocycles. The number of ether oxygens (including phenoxy) is 1. The topological polar surface area (TPSA) is 38.5 Å². The van der Waals surface area contributed by atoms with Crippen LogP contribution in [-0.4, -0.2) is 37.3 Å². The first-order chi connectivity index (χ1) is 9.46.